The minimum absolute atomic E-state index is 0.0924. The number of ether oxygens (including phenoxy) is 1. The van der Waals surface area contributed by atoms with E-state index >= 15 is 0 Å². The summed E-state index contributed by atoms with van der Waals surface area (Å²) in [6.07, 6.45) is 4.35. The predicted octanol–water partition coefficient (Wildman–Crippen LogP) is 5.55. The van der Waals surface area contributed by atoms with Crippen molar-refractivity contribution in [1.29, 1.82) is 0 Å². The van der Waals surface area contributed by atoms with E-state index in [0.29, 0.717) is 36.9 Å². The van der Waals surface area contributed by atoms with Crippen LogP contribution in [0.2, 0.25) is 0 Å². The second kappa shape index (κ2) is 9.72. The topological polar surface area (TPSA) is 67.4 Å². The van der Waals surface area contributed by atoms with Gasteiger partial charge in [-0.1, -0.05) is 24.3 Å². The molecule has 9 heteroatoms. The van der Waals surface area contributed by atoms with Crippen LogP contribution in [0.1, 0.15) is 11.1 Å². The lowest BCUT2D eigenvalue weighted by atomic mass is 9.99. The summed E-state index contributed by atoms with van der Waals surface area (Å²) in [4.78, 5) is 21.6. The highest BCUT2D eigenvalue weighted by atomic mass is 19.4. The maximum atomic E-state index is 12.6. The summed E-state index contributed by atoms with van der Waals surface area (Å²) in [5, 5.41) is 2.81. The van der Waals surface area contributed by atoms with Crippen molar-refractivity contribution in [2.75, 3.05) is 18.4 Å². The average Bonchev–Trinajstić information content (AvgIpc) is 2.76. The number of nitrogens with one attached hydrogen (secondary N) is 1. The van der Waals surface area contributed by atoms with Crippen molar-refractivity contribution in [3.05, 3.63) is 90.4 Å². The molecular weight excluding hydrogens is 433 g/mol. The van der Waals surface area contributed by atoms with Gasteiger partial charge in [0.1, 0.15) is 5.75 Å². The number of nitrogens with zero attached hydrogens (tertiary/aromatic N) is 3. The molecule has 0 saturated carbocycles. The molecule has 2 aromatic heterocycles. The first kappa shape index (κ1) is 22.3. The van der Waals surface area contributed by atoms with Gasteiger partial charge in [-0.2, -0.15) is 13.2 Å². The lowest BCUT2D eigenvalue weighted by Gasteiger charge is -2.37. The number of urea groups is 1. The number of amides is 2. The first-order valence-corrected chi connectivity index (χ1v) is 10.3. The highest BCUT2D eigenvalue weighted by molar-refractivity contribution is 5.89. The number of benzene rings is 1. The Balaban J connectivity index is 1.24. The quantitative estimate of drug-likeness (QED) is 0.496. The Labute approximate surface area is 188 Å². The van der Waals surface area contributed by atoms with Crippen LogP contribution in [0.25, 0.3) is 0 Å². The molecule has 6 nitrogen and oxygen atoms in total. The van der Waals surface area contributed by atoms with Gasteiger partial charge in [-0.25, -0.2) is 9.78 Å². The largest absolute Gasteiger partial charge is 0.439 e. The SMILES string of the molecule is O=C(Nc1cccnc1)N1CC(C=CCc2cccc(Oc3ccc(C(F)(F)F)cn3)c2)C1. The van der Waals surface area contributed by atoms with Gasteiger partial charge in [-0.3, -0.25) is 4.98 Å². The molecule has 0 radical (unpaired) electrons. The summed E-state index contributed by atoms with van der Waals surface area (Å²) >= 11 is 0. The summed E-state index contributed by atoms with van der Waals surface area (Å²) in [6, 6.07) is 12.8. The number of likely N-dealkylation sites (tertiary alicyclic amines) is 1. The van der Waals surface area contributed by atoms with Gasteiger partial charge in [0.2, 0.25) is 5.88 Å². The van der Waals surface area contributed by atoms with Crippen LogP contribution in [-0.4, -0.2) is 34.0 Å². The molecule has 4 rings (SSSR count). The van der Waals surface area contributed by atoms with Crippen LogP contribution in [0.4, 0.5) is 23.7 Å². The number of anilines is 1. The van der Waals surface area contributed by atoms with E-state index in [1.54, 1.807) is 35.5 Å². The normalized spacial score (nSPS) is 14.2. The Morgan fingerprint density at radius 2 is 2.00 bits per heavy atom. The van der Waals surface area contributed by atoms with Crippen LogP contribution in [0.3, 0.4) is 0 Å². The number of hydrogen-bond donors (Lipinski definition) is 1. The zero-order chi connectivity index (χ0) is 23.3. The number of aromatic nitrogens is 2. The standard InChI is InChI=1S/C24H21F3N4O2/c25-24(26,27)19-9-10-22(29-13-19)33-21-8-2-5-17(12-21)4-1-6-18-15-31(16-18)23(32)30-20-7-3-11-28-14-20/h1-3,5-14,18H,4,15-16H2,(H,30,32). The van der Waals surface area contributed by atoms with Gasteiger partial charge in [0, 0.05) is 37.5 Å². The monoisotopic (exact) mass is 454 g/mol. The van der Waals surface area contributed by atoms with Crippen molar-refractivity contribution in [2.45, 2.75) is 12.6 Å². The molecule has 1 saturated heterocycles. The van der Waals surface area contributed by atoms with Gasteiger partial charge < -0.3 is 15.0 Å². The molecular formula is C24H21F3N4O2. The van der Waals surface area contributed by atoms with E-state index in [1.165, 1.54) is 6.07 Å². The molecule has 1 fully saturated rings. The summed E-state index contributed by atoms with van der Waals surface area (Å²) in [5.74, 6) is 0.880. The number of allylic oxidation sites excluding steroid dienone is 1. The molecule has 170 valence electrons. The van der Waals surface area contributed by atoms with Crippen LogP contribution < -0.4 is 10.1 Å². The Morgan fingerprint density at radius 1 is 1.15 bits per heavy atom. The molecule has 0 bridgehead atoms. The molecule has 0 aliphatic carbocycles. The Hall–Kier alpha value is -3.88. The van der Waals surface area contributed by atoms with Gasteiger partial charge in [0.25, 0.3) is 0 Å². The third kappa shape index (κ3) is 6.09. The van der Waals surface area contributed by atoms with E-state index in [4.69, 9.17) is 4.74 Å². The maximum absolute atomic E-state index is 12.6. The van der Waals surface area contributed by atoms with Gasteiger partial charge in [-0.15, -0.1) is 0 Å². The molecule has 1 aliphatic rings. The van der Waals surface area contributed by atoms with E-state index < -0.39 is 11.7 Å². The van der Waals surface area contributed by atoms with Gasteiger partial charge in [0.15, 0.2) is 0 Å². The number of carbonyl (C=O) groups excluding carboxylic acids is 1. The first-order valence-electron chi connectivity index (χ1n) is 10.3. The number of alkyl halides is 3. The van der Waals surface area contributed by atoms with Gasteiger partial charge in [0.05, 0.1) is 17.4 Å². The van der Waals surface area contributed by atoms with Crippen molar-refractivity contribution in [3.8, 4) is 11.6 Å². The summed E-state index contributed by atoms with van der Waals surface area (Å²) < 4.78 is 43.5. The minimum Gasteiger partial charge on any atom is -0.439 e. The van der Waals surface area contributed by atoms with Crippen molar-refractivity contribution in [1.82, 2.24) is 14.9 Å². The third-order valence-corrected chi connectivity index (χ3v) is 5.06. The molecule has 1 aliphatic heterocycles. The number of rotatable bonds is 6. The smallest absolute Gasteiger partial charge is 0.417 e. The van der Waals surface area contributed by atoms with Gasteiger partial charge in [-0.05, 0) is 42.3 Å². The first-order chi connectivity index (χ1) is 15.9. The average molecular weight is 454 g/mol. The summed E-state index contributed by atoms with van der Waals surface area (Å²) in [7, 11) is 0. The van der Waals surface area contributed by atoms with Crippen LogP contribution in [0.15, 0.2) is 79.3 Å². The number of pyridine rings is 2. The molecule has 0 unspecified atom stereocenters. The van der Waals surface area contributed by atoms with Crippen molar-refractivity contribution in [2.24, 2.45) is 5.92 Å². The second-order valence-electron chi connectivity index (χ2n) is 7.60. The Morgan fingerprint density at radius 3 is 2.70 bits per heavy atom. The summed E-state index contributed by atoms with van der Waals surface area (Å²) in [5.41, 5.74) is 0.828. The molecule has 2 amide bonds. The Kier molecular flexibility index (Phi) is 6.58. The molecule has 33 heavy (non-hydrogen) atoms. The van der Waals surface area contributed by atoms with Crippen molar-refractivity contribution in [3.63, 3.8) is 0 Å². The second-order valence-corrected chi connectivity index (χ2v) is 7.60. The number of carbonyl (C=O) groups is 1. The van der Waals surface area contributed by atoms with Crippen LogP contribution in [0.5, 0.6) is 11.6 Å². The number of halogens is 3. The fourth-order valence-electron chi connectivity index (χ4n) is 3.30. The van der Waals surface area contributed by atoms with Crippen molar-refractivity contribution >= 4 is 11.7 Å². The zero-order valence-corrected chi connectivity index (χ0v) is 17.5. The van der Waals surface area contributed by atoms with Crippen LogP contribution in [-0.2, 0) is 12.6 Å². The fourth-order valence-corrected chi connectivity index (χ4v) is 3.30. The van der Waals surface area contributed by atoms with Crippen LogP contribution in [0, 0.1) is 5.92 Å². The van der Waals surface area contributed by atoms with E-state index in [-0.39, 0.29) is 11.9 Å². The van der Waals surface area contributed by atoms with E-state index in [2.05, 4.69) is 21.4 Å². The predicted molar refractivity (Wildman–Crippen MR) is 117 cm³/mol. The highest BCUT2D eigenvalue weighted by Gasteiger charge is 2.31. The third-order valence-electron chi connectivity index (χ3n) is 5.06. The van der Waals surface area contributed by atoms with E-state index in [9.17, 15) is 18.0 Å². The number of hydrogen-bond acceptors (Lipinski definition) is 4. The molecule has 0 atom stereocenters. The Bertz CT molecular complexity index is 1110. The molecule has 1 N–H and O–H groups in total. The van der Waals surface area contributed by atoms with Crippen molar-refractivity contribution < 1.29 is 22.7 Å². The lowest BCUT2D eigenvalue weighted by Crippen LogP contribution is -2.50. The molecule has 3 aromatic rings. The lowest BCUT2D eigenvalue weighted by molar-refractivity contribution is -0.137. The maximum Gasteiger partial charge on any atom is 0.417 e. The minimum atomic E-state index is -4.43. The van der Waals surface area contributed by atoms with E-state index in [1.807, 2.05) is 24.3 Å². The van der Waals surface area contributed by atoms with E-state index in [0.717, 1.165) is 17.8 Å². The van der Waals surface area contributed by atoms with Gasteiger partial charge >= 0.3 is 12.2 Å². The summed E-state index contributed by atoms with van der Waals surface area (Å²) in [6.45, 7) is 1.29. The molecule has 3 heterocycles. The fraction of sp³-hybridized carbons (Fsp3) is 0.208. The zero-order valence-electron chi connectivity index (χ0n) is 17.5. The molecule has 0 spiro atoms. The van der Waals surface area contributed by atoms with Crippen LogP contribution >= 0.6 is 0 Å². The highest BCUT2D eigenvalue weighted by Crippen LogP contribution is 2.30. The molecule has 1 aromatic carbocycles.